The number of hydrogen-bond donors (Lipinski definition) is 0. The van der Waals surface area contributed by atoms with Gasteiger partial charge in [-0.3, -0.25) is 0 Å². The molecule has 0 saturated heterocycles. The predicted molar refractivity (Wildman–Crippen MR) is 36.1 cm³/mol. The van der Waals surface area contributed by atoms with E-state index in [1.54, 1.807) is 0 Å². The zero-order chi connectivity index (χ0) is 7.15. The van der Waals surface area contributed by atoms with Gasteiger partial charge in [0, 0.05) is 10.2 Å². The van der Waals surface area contributed by atoms with E-state index in [1.807, 2.05) is 0 Å². The molecule has 2 nitrogen and oxygen atoms in total. The molecule has 0 aliphatic carbocycles. The van der Waals surface area contributed by atoms with Crippen molar-refractivity contribution in [3.63, 3.8) is 0 Å². The van der Waals surface area contributed by atoms with Crippen LogP contribution in [0, 0.1) is 0 Å². The molecule has 0 atom stereocenters. The molecule has 0 unspecified atom stereocenters. The summed E-state index contributed by atoms with van der Waals surface area (Å²) in [5.74, 6) is 0. The van der Waals surface area contributed by atoms with Crippen LogP contribution >= 0.6 is 0 Å². The summed E-state index contributed by atoms with van der Waals surface area (Å²) in [5.41, 5.74) is 0. The summed E-state index contributed by atoms with van der Waals surface area (Å²) in [5, 5.41) is -0.500. The van der Waals surface area contributed by atoms with Gasteiger partial charge in [-0.15, -0.1) is 0 Å². The molecule has 0 rings (SSSR count). The third kappa shape index (κ3) is 258. The van der Waals surface area contributed by atoms with Crippen molar-refractivity contribution < 1.29 is 61.0 Å². The van der Waals surface area contributed by atoms with E-state index in [0.29, 0.717) is 0 Å². The van der Waals surface area contributed by atoms with Gasteiger partial charge in [-0.05, 0) is 13.8 Å². The molecule has 5 heteroatoms. The van der Waals surface area contributed by atoms with Crippen LogP contribution in [0.25, 0.3) is 0 Å². The van der Waals surface area contributed by atoms with Gasteiger partial charge in [-0.2, -0.15) is 0 Å². The molecule has 0 aromatic heterocycles. The van der Waals surface area contributed by atoms with Crippen LogP contribution in [0.3, 0.4) is 0 Å². The maximum absolute atomic E-state index is 9.26. The topological polar surface area (TPSA) is 34.1 Å². The minimum Gasteiger partial charge on any atom is -0.742 e. The molecule has 0 heterocycles. The van der Waals surface area contributed by atoms with Crippen molar-refractivity contribution in [2.75, 3.05) is 0 Å². The van der Waals surface area contributed by atoms with E-state index in [2.05, 4.69) is 25.3 Å². The monoisotopic (exact) mass is 189 g/mol. The Balaban J connectivity index is -0.0000000720. The van der Waals surface area contributed by atoms with E-state index >= 15 is 0 Å². The maximum atomic E-state index is 9.26. The second kappa shape index (κ2) is 12.1. The van der Waals surface area contributed by atoms with Crippen LogP contribution in [0.1, 0.15) is 13.8 Å². The summed E-state index contributed by atoms with van der Waals surface area (Å²) < 4.78 is 0. The van der Waals surface area contributed by atoms with Gasteiger partial charge in [0.05, 0.1) is 0 Å². The molecule has 0 aromatic rings. The molecule has 0 bridgehead atoms. The Morgan fingerprint density at radius 2 is 1.00 bits per heavy atom. The van der Waals surface area contributed by atoms with Gasteiger partial charge in [-0.25, -0.2) is 0 Å². The second-order valence-corrected chi connectivity index (χ2v) is 2.13. The fraction of sp³-hybridized carbons (Fsp3) is 0.500. The van der Waals surface area contributed by atoms with Crippen LogP contribution in [0.5, 0.6) is 0 Å². The first-order chi connectivity index (χ1) is 3.46. The first kappa shape index (κ1) is 16.8. The van der Waals surface area contributed by atoms with Crippen LogP contribution in [-0.2, 0) is 34.8 Å². The van der Waals surface area contributed by atoms with Crippen molar-refractivity contribution in [3.8, 4) is 0 Å². The summed E-state index contributed by atoms with van der Waals surface area (Å²) in [7, 11) is 0. The van der Waals surface area contributed by atoms with Crippen molar-refractivity contribution in [3.05, 3.63) is 0 Å². The van der Waals surface area contributed by atoms with Gasteiger partial charge in [0.2, 0.25) is 0 Å². The van der Waals surface area contributed by atoms with Crippen LogP contribution < -0.4 is 51.4 Å². The molecule has 0 aliphatic rings. The summed E-state index contributed by atoms with van der Waals surface area (Å²) in [6.45, 7) is 2.69. The summed E-state index contributed by atoms with van der Waals surface area (Å²) >= 11 is 7.96. The number of carbonyl (C=O) groups excluding carboxylic acids is 2. The van der Waals surface area contributed by atoms with E-state index in [1.165, 1.54) is 13.8 Å². The van der Waals surface area contributed by atoms with Gasteiger partial charge in [0.25, 0.3) is 0 Å². The van der Waals surface area contributed by atoms with Gasteiger partial charge < -0.3 is 34.8 Å². The normalized spacial score (nSPS) is 5.56. The molecule has 48 valence electrons. The molecule has 9 heavy (non-hydrogen) atoms. The van der Waals surface area contributed by atoms with Gasteiger partial charge in [0.15, 0.2) is 0 Å². The molecule has 0 fully saturated rings. The maximum Gasteiger partial charge on any atom is 1.00 e. The predicted octanol–water partition coefficient (Wildman–Crippen LogP) is -2.84. The Bertz CT molecular complexity index is 74.6. The fourth-order valence-electron chi connectivity index (χ4n) is 0. The Hall–Kier alpha value is 1.42. The second-order valence-electron chi connectivity index (χ2n) is 0.983. The molecule has 0 amide bonds. The van der Waals surface area contributed by atoms with Crippen LogP contribution in [0.4, 0.5) is 0 Å². The summed E-state index contributed by atoms with van der Waals surface area (Å²) in [4.78, 5) is 18.5. The Morgan fingerprint density at radius 3 is 1.00 bits per heavy atom. The molecular formula is C4H6KO2S2-. The van der Waals surface area contributed by atoms with E-state index in [-0.39, 0.29) is 61.6 Å². The van der Waals surface area contributed by atoms with Crippen molar-refractivity contribution in [2.24, 2.45) is 0 Å². The van der Waals surface area contributed by atoms with Gasteiger partial charge in [-0.1, -0.05) is 0 Å². The number of hydrogen-bond acceptors (Lipinski definition) is 4. The van der Waals surface area contributed by atoms with Crippen LogP contribution in [0.15, 0.2) is 0 Å². The quantitative estimate of drug-likeness (QED) is 0.304. The third-order valence-corrected chi connectivity index (χ3v) is 0. The minimum absolute atomic E-state index is 0. The Kier molecular flexibility index (Phi) is 22.6. The average Bonchev–Trinajstić information content (AvgIpc) is 1.25. The zero-order valence-corrected chi connectivity index (χ0v) is 10.4. The molecular weight excluding hydrogens is 183 g/mol. The third-order valence-electron chi connectivity index (χ3n) is 0. The standard InChI is InChI=1S/2C2H4OS.K/c2*1-2(3)4;/h2*1H3,(H,3,4);/q;;+1/p-2. The molecule has 0 aliphatic heterocycles. The van der Waals surface area contributed by atoms with Gasteiger partial charge in [0.1, 0.15) is 0 Å². The molecule has 0 saturated carbocycles. The van der Waals surface area contributed by atoms with Gasteiger partial charge >= 0.3 is 51.4 Å². The Labute approximate surface area is 108 Å². The van der Waals surface area contributed by atoms with E-state index in [0.717, 1.165) is 0 Å². The SMILES string of the molecule is CC(=O)[S-].CC(=O)[S-].[K+]. The summed E-state index contributed by atoms with van der Waals surface area (Å²) in [6, 6.07) is 0. The van der Waals surface area contributed by atoms with Crippen LogP contribution in [-0.4, -0.2) is 10.2 Å². The molecule has 0 N–H and O–H groups in total. The fourth-order valence-corrected chi connectivity index (χ4v) is 0. The van der Waals surface area contributed by atoms with E-state index in [9.17, 15) is 9.59 Å². The van der Waals surface area contributed by atoms with Crippen molar-refractivity contribution in [1.29, 1.82) is 0 Å². The van der Waals surface area contributed by atoms with E-state index in [4.69, 9.17) is 0 Å². The van der Waals surface area contributed by atoms with Crippen LogP contribution in [0.2, 0.25) is 0 Å². The number of carbonyl (C=O) groups is 2. The molecule has 0 spiro atoms. The average molecular weight is 189 g/mol. The largest absolute Gasteiger partial charge is 1.00 e. The van der Waals surface area contributed by atoms with Crippen molar-refractivity contribution in [2.45, 2.75) is 13.8 Å². The molecule has 0 radical (unpaired) electrons. The summed E-state index contributed by atoms with van der Waals surface area (Å²) in [6.07, 6.45) is 0. The Morgan fingerprint density at radius 1 is 1.00 bits per heavy atom. The molecule has 0 aromatic carbocycles. The first-order valence-electron chi connectivity index (χ1n) is 1.82. The minimum atomic E-state index is -0.250. The first-order valence-corrected chi connectivity index (χ1v) is 2.63. The van der Waals surface area contributed by atoms with Crippen molar-refractivity contribution in [1.82, 2.24) is 0 Å². The van der Waals surface area contributed by atoms with Crippen molar-refractivity contribution >= 4 is 35.5 Å². The smallest absolute Gasteiger partial charge is 0.742 e. The van der Waals surface area contributed by atoms with E-state index < -0.39 is 0 Å². The zero-order valence-electron chi connectivity index (χ0n) is 5.63. The number of rotatable bonds is 0.